The van der Waals surface area contributed by atoms with Crippen molar-refractivity contribution < 1.29 is 57.4 Å². The van der Waals surface area contributed by atoms with Crippen LogP contribution in [0.3, 0.4) is 0 Å². The van der Waals surface area contributed by atoms with Gasteiger partial charge in [0.2, 0.25) is 5.95 Å². The van der Waals surface area contributed by atoms with Gasteiger partial charge in [-0.1, -0.05) is 0 Å². The van der Waals surface area contributed by atoms with E-state index in [1.807, 2.05) is 0 Å². The lowest BCUT2D eigenvalue weighted by Crippen LogP contribution is -2.34. The van der Waals surface area contributed by atoms with E-state index >= 15 is 0 Å². The van der Waals surface area contributed by atoms with Gasteiger partial charge in [-0.3, -0.25) is 14.3 Å². The molecule has 2 aromatic heterocycles. The molecule has 0 amide bonds. The Morgan fingerprint density at radius 1 is 1.28 bits per heavy atom. The molecule has 3 rings (SSSR count). The van der Waals surface area contributed by atoms with Crippen LogP contribution >= 0.6 is 23.7 Å². The Labute approximate surface area is 176 Å². The number of imidazole rings is 1. The van der Waals surface area contributed by atoms with E-state index in [4.69, 9.17) is 20.3 Å². The van der Waals surface area contributed by atoms with E-state index in [1.54, 1.807) is 0 Å². The van der Waals surface area contributed by atoms with E-state index in [0.29, 0.717) is 0 Å². The van der Waals surface area contributed by atoms with Gasteiger partial charge in [-0.15, -0.1) is 4.86 Å². The Morgan fingerprint density at radius 2 is 1.94 bits per heavy atom. The van der Waals surface area contributed by atoms with E-state index in [0.717, 1.165) is 15.8 Å². The summed E-state index contributed by atoms with van der Waals surface area (Å²) in [7, 11) is -15.9. The van der Waals surface area contributed by atoms with Crippen LogP contribution in [-0.2, 0) is 22.7 Å². The van der Waals surface area contributed by atoms with Crippen LogP contribution in [-0.4, -0.2) is 79.1 Å². The molecule has 32 heavy (non-hydrogen) atoms. The summed E-state index contributed by atoms with van der Waals surface area (Å²) in [6.45, 7) is -0.922. The number of ether oxygens (including phenoxy) is 1. The summed E-state index contributed by atoms with van der Waals surface area (Å²) in [5.41, 5.74) is 4.56. The minimum absolute atomic E-state index is 0.0942. The van der Waals surface area contributed by atoms with Crippen LogP contribution in [0.4, 0.5) is 5.95 Å². The third-order valence-electron chi connectivity index (χ3n) is 3.94. The first kappa shape index (κ1) is 25.2. The molecule has 5 atom stereocenters. The lowest BCUT2D eigenvalue weighted by molar-refractivity contribution is -0.0520. The summed E-state index contributed by atoms with van der Waals surface area (Å²) in [5.74, 6) is -0.262. The number of fused-ring (bicyclic) bond motifs is 1. The first-order valence-electron chi connectivity index (χ1n) is 8.21. The van der Waals surface area contributed by atoms with Gasteiger partial charge in [-0.05, 0) is 4.31 Å². The first-order valence-corrected chi connectivity index (χ1v) is 12.9. The molecule has 19 nitrogen and oxygen atoms in total. The fraction of sp³-hybridized carbons (Fsp3) is 0.500. The molecule has 1 saturated heterocycles. The zero-order valence-electron chi connectivity index (χ0n) is 15.4. The van der Waals surface area contributed by atoms with Gasteiger partial charge in [-0.2, -0.15) is 19.3 Å². The van der Waals surface area contributed by atoms with E-state index < -0.39 is 60.4 Å². The third kappa shape index (κ3) is 5.74. The number of aromatic nitrogens is 4. The quantitative estimate of drug-likeness (QED) is 0.152. The standard InChI is InChI=1S/C10H17N6O13P3/c11-10-13-7-4(8(19)14-10)12-2-16(7)9-6(18)5(17)3(28-9)1-27-32(25,26)29-31(23,24)15-30(20,21)22/h2-3,5-6,9,17-18,25-26H,1H2,(H6-,11,13,14,15,19,20,21,22,23,24)/p+1/t3-,5-,6-,9-/m1/s1. The van der Waals surface area contributed by atoms with Crippen LogP contribution in [0.1, 0.15) is 6.23 Å². The second kappa shape index (κ2) is 8.75. The molecule has 0 spiro atoms. The number of nitrogens with one attached hydrogen (secondary N) is 2. The van der Waals surface area contributed by atoms with E-state index in [1.165, 1.54) is 0 Å². The number of aliphatic hydroxyl groups is 2. The lowest BCUT2D eigenvalue weighted by atomic mass is 10.1. The number of H-pyrrole nitrogens is 1. The largest absolute Gasteiger partial charge is 0.579 e. The van der Waals surface area contributed by atoms with Crippen molar-refractivity contribution in [2.75, 3.05) is 12.3 Å². The minimum atomic E-state index is -5.42. The molecule has 11 N–H and O–H groups in total. The fourth-order valence-corrected chi connectivity index (χ4v) is 6.22. The molecule has 22 heteroatoms. The lowest BCUT2D eigenvalue weighted by Gasteiger charge is -2.17. The Balaban J connectivity index is 1.72. The zero-order chi connectivity index (χ0) is 24.1. The SMILES string of the molecule is Nc1nc2c(ncn2[C@@H]2O[C@H](CO[P+](O)(O)OP(=O)(O)NP(=O)(O)O)[C@@H](O)[C@H]2O)c(=O)[nH]1. The smallest absolute Gasteiger partial charge is 0.387 e. The monoisotopic (exact) mass is 523 g/mol. The number of hydrogen-bond acceptors (Lipinski definition) is 13. The highest BCUT2D eigenvalue weighted by Gasteiger charge is 2.53. The number of nitrogens with zero attached hydrogens (tertiary/aromatic N) is 3. The Hall–Kier alpha value is -1.40. The molecule has 3 heterocycles. The van der Waals surface area contributed by atoms with Crippen LogP contribution < -0.4 is 16.2 Å². The van der Waals surface area contributed by atoms with Crippen molar-refractivity contribution >= 4 is 40.8 Å². The average molecular weight is 523 g/mol. The molecule has 0 bridgehead atoms. The van der Waals surface area contributed by atoms with Crippen molar-refractivity contribution in [2.24, 2.45) is 0 Å². The number of anilines is 1. The maximum absolute atomic E-state index is 11.9. The highest BCUT2D eigenvalue weighted by Crippen LogP contribution is 2.66. The van der Waals surface area contributed by atoms with Gasteiger partial charge in [0, 0.05) is 0 Å². The van der Waals surface area contributed by atoms with Crippen LogP contribution in [0.25, 0.3) is 11.2 Å². The molecule has 0 aliphatic carbocycles. The molecular formula is C10H18N6O13P3+. The molecule has 1 fully saturated rings. The second-order valence-electron chi connectivity index (χ2n) is 6.35. The maximum atomic E-state index is 11.9. The molecule has 0 saturated carbocycles. The first-order chi connectivity index (χ1) is 14.6. The summed E-state index contributed by atoms with van der Waals surface area (Å²) in [5, 5.41) is 20.5. The van der Waals surface area contributed by atoms with Crippen LogP contribution in [0.2, 0.25) is 0 Å². The minimum Gasteiger partial charge on any atom is -0.387 e. The van der Waals surface area contributed by atoms with Gasteiger partial charge >= 0.3 is 23.7 Å². The van der Waals surface area contributed by atoms with Crippen molar-refractivity contribution in [3.8, 4) is 0 Å². The highest BCUT2D eigenvalue weighted by molar-refractivity contribution is 7.72. The number of nitrogens with two attached hydrogens (primary N) is 1. The summed E-state index contributed by atoms with van der Waals surface area (Å²) < 4.78 is 37.2. The highest BCUT2D eigenvalue weighted by atomic mass is 31.3. The number of hydrogen-bond donors (Lipinski definition) is 10. The van der Waals surface area contributed by atoms with Crippen molar-refractivity contribution in [1.82, 2.24) is 24.4 Å². The van der Waals surface area contributed by atoms with E-state index in [-0.39, 0.29) is 17.1 Å². The van der Waals surface area contributed by atoms with Gasteiger partial charge in [0.25, 0.3) is 5.56 Å². The van der Waals surface area contributed by atoms with Crippen molar-refractivity contribution in [1.29, 1.82) is 0 Å². The van der Waals surface area contributed by atoms with Crippen molar-refractivity contribution in [2.45, 2.75) is 24.5 Å². The molecule has 0 aromatic carbocycles. The van der Waals surface area contributed by atoms with E-state index in [9.17, 15) is 38.8 Å². The van der Waals surface area contributed by atoms with Crippen molar-refractivity contribution in [3.05, 3.63) is 16.7 Å². The van der Waals surface area contributed by atoms with Crippen LogP contribution in [0.5, 0.6) is 0 Å². The van der Waals surface area contributed by atoms with Gasteiger partial charge in [0.15, 0.2) is 17.4 Å². The van der Waals surface area contributed by atoms with Gasteiger partial charge in [-0.25, -0.2) is 14.1 Å². The molecular weight excluding hydrogens is 505 g/mol. The summed E-state index contributed by atoms with van der Waals surface area (Å²) in [6.07, 6.45) is -5.14. The molecule has 2 aromatic rings. The molecule has 1 unspecified atom stereocenters. The third-order valence-corrected chi connectivity index (χ3v) is 8.22. The topological polar surface area (TPSA) is 305 Å². The Morgan fingerprint density at radius 3 is 2.56 bits per heavy atom. The summed E-state index contributed by atoms with van der Waals surface area (Å²) >= 11 is 0. The molecule has 1 aliphatic rings. The van der Waals surface area contributed by atoms with Gasteiger partial charge in [0.1, 0.15) is 24.9 Å². The number of nitrogen functional groups attached to an aromatic ring is 1. The molecule has 180 valence electrons. The predicted molar refractivity (Wildman–Crippen MR) is 102 cm³/mol. The van der Waals surface area contributed by atoms with Gasteiger partial charge in [0.05, 0.1) is 6.33 Å². The maximum Gasteiger partial charge on any atom is 0.579 e. The van der Waals surface area contributed by atoms with Crippen LogP contribution in [0.15, 0.2) is 11.1 Å². The summed E-state index contributed by atoms with van der Waals surface area (Å²) in [4.78, 5) is 68.4. The van der Waals surface area contributed by atoms with E-state index in [2.05, 4.69) is 23.8 Å². The average Bonchev–Trinajstić information content (AvgIpc) is 3.12. The predicted octanol–water partition coefficient (Wildman–Crippen LogP) is -3.20. The van der Waals surface area contributed by atoms with Crippen molar-refractivity contribution in [3.63, 3.8) is 0 Å². The number of aromatic amines is 1. The molecule has 1 aliphatic heterocycles. The Bertz CT molecular complexity index is 1150. The fourth-order valence-electron chi connectivity index (χ4n) is 2.75. The molecule has 0 radical (unpaired) electrons. The number of rotatable bonds is 8. The van der Waals surface area contributed by atoms with Gasteiger partial charge < -0.3 is 35.4 Å². The van der Waals surface area contributed by atoms with Crippen LogP contribution in [0, 0.1) is 0 Å². The normalized spacial score (nSPS) is 26.5. The Kier molecular flexibility index (Phi) is 6.90. The zero-order valence-corrected chi connectivity index (χ0v) is 18.1. The summed E-state index contributed by atoms with van der Waals surface area (Å²) in [6, 6.07) is 0. The second-order valence-corrected chi connectivity index (χ2v) is 11.2. The number of aliphatic hydroxyl groups excluding tert-OH is 2.